The van der Waals surface area contributed by atoms with Gasteiger partial charge < -0.3 is 15.4 Å². The van der Waals surface area contributed by atoms with E-state index in [1.807, 2.05) is 30.3 Å². The number of amides is 2. The lowest BCUT2D eigenvalue weighted by molar-refractivity contribution is -0.115. The van der Waals surface area contributed by atoms with E-state index >= 15 is 0 Å². The lowest BCUT2D eigenvalue weighted by atomic mass is 10.3. The number of carbonyl (C=O) groups is 2. The van der Waals surface area contributed by atoms with E-state index in [2.05, 4.69) is 10.6 Å². The fourth-order valence-electron chi connectivity index (χ4n) is 2.01. The first-order chi connectivity index (χ1) is 12.0. The summed E-state index contributed by atoms with van der Waals surface area (Å²) in [4.78, 5) is 24.2. The summed E-state index contributed by atoms with van der Waals surface area (Å²) in [7, 11) is 1.52. The molecule has 0 spiro atoms. The maximum absolute atomic E-state index is 12.3. The Morgan fingerprint density at radius 2 is 1.88 bits per heavy atom. The van der Waals surface area contributed by atoms with Crippen molar-refractivity contribution in [2.75, 3.05) is 23.5 Å². The molecule has 5 nitrogen and oxygen atoms in total. The van der Waals surface area contributed by atoms with E-state index in [0.717, 1.165) is 5.69 Å². The van der Waals surface area contributed by atoms with Crippen LogP contribution in [0.15, 0.2) is 48.5 Å². The first-order valence-corrected chi connectivity index (χ1v) is 9.03. The normalized spacial score (nSPS) is 11.5. The maximum atomic E-state index is 12.3. The van der Waals surface area contributed by atoms with Crippen LogP contribution in [0.5, 0.6) is 5.75 Å². The number of carbonyl (C=O) groups excluding carboxylic acids is 2. The topological polar surface area (TPSA) is 67.4 Å². The standard InChI is InChI=1S/C18H19ClN2O3S/c1-12(25-11-17(22)20-14-6-4-3-5-7-14)18(23)21-15-10-13(19)8-9-16(15)24-2/h3-10,12H,11H2,1-2H3,(H,20,22)(H,21,23)/t12-/m0/s1. The Labute approximate surface area is 156 Å². The van der Waals surface area contributed by atoms with Gasteiger partial charge in [0.05, 0.1) is 23.8 Å². The number of thioether (sulfide) groups is 1. The van der Waals surface area contributed by atoms with Gasteiger partial charge >= 0.3 is 0 Å². The van der Waals surface area contributed by atoms with Gasteiger partial charge in [-0.15, -0.1) is 11.8 Å². The number of benzene rings is 2. The van der Waals surface area contributed by atoms with Crippen molar-refractivity contribution in [3.8, 4) is 5.75 Å². The van der Waals surface area contributed by atoms with Crippen LogP contribution in [0.1, 0.15) is 6.92 Å². The first kappa shape index (κ1) is 19.1. The second kappa shape index (κ2) is 9.34. The van der Waals surface area contributed by atoms with Gasteiger partial charge in [-0.2, -0.15) is 0 Å². The first-order valence-electron chi connectivity index (χ1n) is 7.60. The van der Waals surface area contributed by atoms with Crippen molar-refractivity contribution < 1.29 is 14.3 Å². The monoisotopic (exact) mass is 378 g/mol. The fraction of sp³-hybridized carbons (Fsp3) is 0.222. The molecule has 0 aromatic heterocycles. The molecule has 2 N–H and O–H groups in total. The molecule has 2 amide bonds. The van der Waals surface area contributed by atoms with Gasteiger partial charge in [0.2, 0.25) is 11.8 Å². The zero-order chi connectivity index (χ0) is 18.2. The number of anilines is 2. The van der Waals surface area contributed by atoms with E-state index in [1.165, 1.54) is 18.9 Å². The van der Waals surface area contributed by atoms with Gasteiger partial charge in [-0.3, -0.25) is 9.59 Å². The Kier molecular flexibility index (Phi) is 7.16. The van der Waals surface area contributed by atoms with Crippen LogP contribution in [-0.2, 0) is 9.59 Å². The number of nitrogens with one attached hydrogen (secondary N) is 2. The maximum Gasteiger partial charge on any atom is 0.237 e. The van der Waals surface area contributed by atoms with Crippen molar-refractivity contribution in [2.45, 2.75) is 12.2 Å². The Morgan fingerprint density at radius 3 is 2.56 bits per heavy atom. The van der Waals surface area contributed by atoms with Crippen molar-refractivity contribution in [1.82, 2.24) is 0 Å². The Morgan fingerprint density at radius 1 is 1.16 bits per heavy atom. The van der Waals surface area contributed by atoms with Crippen LogP contribution < -0.4 is 15.4 Å². The number of ether oxygens (including phenoxy) is 1. The fourth-order valence-corrected chi connectivity index (χ4v) is 2.86. The third-order valence-corrected chi connectivity index (χ3v) is 4.69. The summed E-state index contributed by atoms with van der Waals surface area (Å²) >= 11 is 7.20. The Hall–Kier alpha value is -2.18. The van der Waals surface area contributed by atoms with Crippen LogP contribution in [0, 0.1) is 0 Å². The molecule has 2 aromatic carbocycles. The molecule has 2 aromatic rings. The summed E-state index contributed by atoms with van der Waals surface area (Å²) in [5.74, 6) is 0.321. The van der Waals surface area contributed by atoms with Gasteiger partial charge in [0.1, 0.15) is 5.75 Å². The second-order valence-electron chi connectivity index (χ2n) is 5.20. The minimum atomic E-state index is -0.412. The zero-order valence-electron chi connectivity index (χ0n) is 13.9. The highest BCUT2D eigenvalue weighted by molar-refractivity contribution is 8.01. The van der Waals surface area contributed by atoms with Crippen LogP contribution in [0.2, 0.25) is 5.02 Å². The SMILES string of the molecule is COc1ccc(Cl)cc1NC(=O)[C@H](C)SCC(=O)Nc1ccccc1. The van der Waals surface area contributed by atoms with Crippen molar-refractivity contribution >= 4 is 46.6 Å². The minimum absolute atomic E-state index is 0.156. The highest BCUT2D eigenvalue weighted by Gasteiger charge is 2.17. The largest absolute Gasteiger partial charge is 0.495 e. The zero-order valence-corrected chi connectivity index (χ0v) is 15.5. The number of halogens is 1. The molecule has 7 heteroatoms. The molecule has 0 aliphatic carbocycles. The predicted molar refractivity (Wildman–Crippen MR) is 104 cm³/mol. The van der Waals surface area contributed by atoms with E-state index in [9.17, 15) is 9.59 Å². The van der Waals surface area contributed by atoms with Crippen LogP contribution in [0.3, 0.4) is 0 Å². The summed E-state index contributed by atoms with van der Waals surface area (Å²) in [6.45, 7) is 1.74. The third kappa shape index (κ3) is 5.99. The summed E-state index contributed by atoms with van der Waals surface area (Å²) in [5, 5.41) is 5.64. The van der Waals surface area contributed by atoms with E-state index in [4.69, 9.17) is 16.3 Å². The quantitative estimate of drug-likeness (QED) is 0.762. The lowest BCUT2D eigenvalue weighted by Crippen LogP contribution is -2.25. The van der Waals surface area contributed by atoms with Crippen molar-refractivity contribution in [3.05, 3.63) is 53.6 Å². The van der Waals surface area contributed by atoms with E-state index in [1.54, 1.807) is 25.1 Å². The molecule has 0 saturated carbocycles. The van der Waals surface area contributed by atoms with Gasteiger partial charge in [-0.25, -0.2) is 0 Å². The average molecular weight is 379 g/mol. The molecule has 132 valence electrons. The number of para-hydroxylation sites is 1. The second-order valence-corrected chi connectivity index (χ2v) is 6.97. The van der Waals surface area contributed by atoms with Crippen LogP contribution in [-0.4, -0.2) is 29.9 Å². The number of hydrogen-bond donors (Lipinski definition) is 2. The predicted octanol–water partition coefficient (Wildman–Crippen LogP) is 4.05. The molecule has 0 radical (unpaired) electrons. The molecule has 0 bridgehead atoms. The van der Waals surface area contributed by atoms with Gasteiger partial charge in [0.25, 0.3) is 0 Å². The van der Waals surface area contributed by atoms with Crippen LogP contribution >= 0.6 is 23.4 Å². The molecule has 1 atom stereocenters. The molecule has 0 fully saturated rings. The smallest absolute Gasteiger partial charge is 0.237 e. The van der Waals surface area contributed by atoms with Crippen molar-refractivity contribution in [1.29, 1.82) is 0 Å². The molecule has 0 aliphatic heterocycles. The van der Waals surface area contributed by atoms with Crippen LogP contribution in [0.4, 0.5) is 11.4 Å². The molecule has 2 rings (SSSR count). The van der Waals surface area contributed by atoms with Gasteiger partial charge in [-0.05, 0) is 37.3 Å². The molecule has 25 heavy (non-hydrogen) atoms. The summed E-state index contributed by atoms with van der Waals surface area (Å²) in [6.07, 6.45) is 0. The number of rotatable bonds is 7. The van der Waals surface area contributed by atoms with E-state index < -0.39 is 5.25 Å². The minimum Gasteiger partial charge on any atom is -0.495 e. The summed E-state index contributed by atoms with van der Waals surface area (Å²) in [6, 6.07) is 14.2. The lowest BCUT2D eigenvalue weighted by Gasteiger charge is -2.14. The number of methoxy groups -OCH3 is 1. The molecule has 0 aliphatic rings. The van der Waals surface area contributed by atoms with E-state index in [0.29, 0.717) is 16.5 Å². The molecular formula is C18H19ClN2O3S. The van der Waals surface area contributed by atoms with E-state index in [-0.39, 0.29) is 17.6 Å². The third-order valence-electron chi connectivity index (χ3n) is 3.31. The summed E-state index contributed by atoms with van der Waals surface area (Å²) in [5.41, 5.74) is 1.23. The van der Waals surface area contributed by atoms with Crippen molar-refractivity contribution in [3.63, 3.8) is 0 Å². The summed E-state index contributed by atoms with van der Waals surface area (Å²) < 4.78 is 5.20. The highest BCUT2D eigenvalue weighted by atomic mass is 35.5. The Bertz CT molecular complexity index is 740. The van der Waals surface area contributed by atoms with Gasteiger partial charge in [0.15, 0.2) is 0 Å². The molecule has 0 unspecified atom stereocenters. The van der Waals surface area contributed by atoms with Crippen molar-refractivity contribution in [2.24, 2.45) is 0 Å². The Balaban J connectivity index is 1.86. The molecule has 0 saturated heterocycles. The average Bonchev–Trinajstić information content (AvgIpc) is 2.60. The molecular weight excluding hydrogens is 360 g/mol. The highest BCUT2D eigenvalue weighted by Crippen LogP contribution is 2.28. The van der Waals surface area contributed by atoms with Crippen LogP contribution in [0.25, 0.3) is 0 Å². The molecule has 0 heterocycles. The van der Waals surface area contributed by atoms with Gasteiger partial charge in [0, 0.05) is 10.7 Å². The number of hydrogen-bond acceptors (Lipinski definition) is 4. The van der Waals surface area contributed by atoms with Gasteiger partial charge in [-0.1, -0.05) is 29.8 Å².